The van der Waals surface area contributed by atoms with Gasteiger partial charge in [0.25, 0.3) is 0 Å². The van der Waals surface area contributed by atoms with Gasteiger partial charge in [-0.1, -0.05) is 6.07 Å². The van der Waals surface area contributed by atoms with Gasteiger partial charge in [0.1, 0.15) is 12.0 Å². The molecule has 0 aliphatic carbocycles. The minimum atomic E-state index is -0.825. The third kappa shape index (κ3) is 3.59. The summed E-state index contributed by atoms with van der Waals surface area (Å²) in [7, 11) is 0. The van der Waals surface area contributed by atoms with Crippen LogP contribution in [0.1, 0.15) is 30.1 Å². The Morgan fingerprint density at radius 2 is 1.91 bits per heavy atom. The number of piperidine rings is 1. The van der Waals surface area contributed by atoms with Crippen LogP contribution in [0.2, 0.25) is 0 Å². The van der Waals surface area contributed by atoms with E-state index in [1.54, 1.807) is 6.07 Å². The highest BCUT2D eigenvalue weighted by Crippen LogP contribution is 2.29. The van der Waals surface area contributed by atoms with Crippen LogP contribution in [0.15, 0.2) is 39.7 Å². The van der Waals surface area contributed by atoms with Gasteiger partial charge in [0.05, 0.1) is 6.54 Å². The number of hydrogen-bond acceptors (Lipinski definition) is 4. The first kappa shape index (κ1) is 15.7. The molecule has 0 unspecified atom stereocenters. The Morgan fingerprint density at radius 1 is 1.17 bits per heavy atom. The van der Waals surface area contributed by atoms with Crippen LogP contribution in [-0.4, -0.2) is 23.1 Å². The molecule has 0 spiro atoms. The maximum Gasteiger partial charge on any atom is 0.226 e. The van der Waals surface area contributed by atoms with E-state index in [4.69, 9.17) is 4.42 Å². The summed E-state index contributed by atoms with van der Waals surface area (Å²) in [6.45, 7) is 2.03. The molecule has 2 heterocycles. The zero-order chi connectivity index (χ0) is 16.4. The molecule has 23 heavy (non-hydrogen) atoms. The second-order valence-corrected chi connectivity index (χ2v) is 5.82. The van der Waals surface area contributed by atoms with Gasteiger partial charge in [0.15, 0.2) is 17.4 Å². The number of hydrogen-bond donors (Lipinski definition) is 1. The number of nitrogens with zero attached hydrogens (tertiary/aromatic N) is 1. The monoisotopic (exact) mass is 321 g/mol. The second-order valence-electron chi connectivity index (χ2n) is 5.82. The first-order chi connectivity index (χ1) is 11.0. The Balaban J connectivity index is 1.60. The average Bonchev–Trinajstić information content (AvgIpc) is 2.54. The second kappa shape index (κ2) is 6.50. The highest BCUT2D eigenvalue weighted by atomic mass is 19.2. The molecule has 4 nitrogen and oxygen atoms in total. The molecule has 2 aromatic rings. The van der Waals surface area contributed by atoms with Crippen molar-refractivity contribution in [3.63, 3.8) is 0 Å². The molecule has 0 radical (unpaired) electrons. The van der Waals surface area contributed by atoms with Gasteiger partial charge in [-0.3, -0.25) is 9.69 Å². The van der Waals surface area contributed by atoms with Crippen molar-refractivity contribution in [2.45, 2.75) is 25.3 Å². The normalized spacial score (nSPS) is 16.6. The number of aromatic hydroxyl groups is 1. The van der Waals surface area contributed by atoms with Crippen molar-refractivity contribution in [3.05, 3.63) is 63.7 Å². The van der Waals surface area contributed by atoms with Crippen molar-refractivity contribution >= 4 is 0 Å². The van der Waals surface area contributed by atoms with Crippen molar-refractivity contribution in [1.29, 1.82) is 0 Å². The molecule has 0 bridgehead atoms. The maximum absolute atomic E-state index is 13.3. The lowest BCUT2D eigenvalue weighted by Crippen LogP contribution is -2.32. The summed E-state index contributed by atoms with van der Waals surface area (Å²) in [6, 6.07) is 5.37. The summed E-state index contributed by atoms with van der Waals surface area (Å²) in [5.41, 5.74) is 0.364. The summed E-state index contributed by atoms with van der Waals surface area (Å²) in [4.78, 5) is 13.5. The van der Waals surface area contributed by atoms with Gasteiger partial charge in [-0.2, -0.15) is 0 Å². The molecule has 1 aromatic heterocycles. The van der Waals surface area contributed by atoms with Crippen molar-refractivity contribution in [2.75, 3.05) is 13.1 Å². The third-order valence-electron chi connectivity index (χ3n) is 4.25. The van der Waals surface area contributed by atoms with Gasteiger partial charge < -0.3 is 9.52 Å². The van der Waals surface area contributed by atoms with Crippen molar-refractivity contribution < 1.29 is 18.3 Å². The Morgan fingerprint density at radius 3 is 2.57 bits per heavy atom. The summed E-state index contributed by atoms with van der Waals surface area (Å²) < 4.78 is 31.5. The molecule has 1 saturated heterocycles. The van der Waals surface area contributed by atoms with Gasteiger partial charge in [-0.15, -0.1) is 0 Å². The molecule has 1 N–H and O–H groups in total. The lowest BCUT2D eigenvalue weighted by Gasteiger charge is -2.31. The highest BCUT2D eigenvalue weighted by Gasteiger charge is 2.22. The Kier molecular flexibility index (Phi) is 4.43. The van der Waals surface area contributed by atoms with Crippen LogP contribution < -0.4 is 5.43 Å². The molecule has 0 atom stereocenters. The summed E-state index contributed by atoms with van der Waals surface area (Å²) in [5.74, 6) is -1.33. The molecule has 0 amide bonds. The number of likely N-dealkylation sites (tertiary alicyclic amines) is 1. The fraction of sp³-hybridized carbons (Fsp3) is 0.353. The molecular formula is C17H17F2NO3. The zero-order valence-electron chi connectivity index (χ0n) is 12.5. The average molecular weight is 321 g/mol. The van der Waals surface area contributed by atoms with E-state index in [0.29, 0.717) is 12.3 Å². The minimum absolute atomic E-state index is 0.202. The van der Waals surface area contributed by atoms with Crippen LogP contribution >= 0.6 is 0 Å². The molecule has 1 aromatic carbocycles. The van der Waals surface area contributed by atoms with Crippen LogP contribution in [0.4, 0.5) is 8.78 Å². The van der Waals surface area contributed by atoms with Crippen molar-refractivity contribution in [1.82, 2.24) is 4.90 Å². The molecule has 122 valence electrons. The predicted octanol–water partition coefficient (Wildman–Crippen LogP) is 3.00. The lowest BCUT2D eigenvalue weighted by atomic mass is 9.89. The highest BCUT2D eigenvalue weighted by molar-refractivity contribution is 5.22. The predicted molar refractivity (Wildman–Crippen MR) is 80.3 cm³/mol. The Hall–Kier alpha value is -2.21. The molecule has 1 aliphatic heterocycles. The quantitative estimate of drug-likeness (QED) is 0.944. The smallest absolute Gasteiger partial charge is 0.226 e. The molecule has 1 fully saturated rings. The molecular weight excluding hydrogens is 304 g/mol. The fourth-order valence-corrected chi connectivity index (χ4v) is 2.94. The third-order valence-corrected chi connectivity index (χ3v) is 4.25. The number of rotatable bonds is 3. The van der Waals surface area contributed by atoms with E-state index in [1.165, 1.54) is 18.2 Å². The zero-order valence-corrected chi connectivity index (χ0v) is 12.5. The topological polar surface area (TPSA) is 53.7 Å². The fourth-order valence-electron chi connectivity index (χ4n) is 2.94. The Bertz CT molecular complexity index is 752. The van der Waals surface area contributed by atoms with Gasteiger partial charge in [-0.05, 0) is 49.5 Å². The first-order valence-electron chi connectivity index (χ1n) is 7.51. The first-order valence-corrected chi connectivity index (χ1v) is 7.51. The van der Waals surface area contributed by atoms with Gasteiger partial charge >= 0.3 is 0 Å². The van der Waals surface area contributed by atoms with E-state index in [0.717, 1.165) is 37.8 Å². The van der Waals surface area contributed by atoms with Crippen molar-refractivity contribution in [2.24, 2.45) is 0 Å². The van der Waals surface area contributed by atoms with Gasteiger partial charge in [-0.25, -0.2) is 8.78 Å². The summed E-state index contributed by atoms with van der Waals surface area (Å²) in [6.07, 6.45) is 2.70. The van der Waals surface area contributed by atoms with E-state index in [1.807, 2.05) is 0 Å². The van der Waals surface area contributed by atoms with Gasteiger partial charge in [0.2, 0.25) is 5.43 Å². The Labute approximate surface area is 132 Å². The van der Waals surface area contributed by atoms with E-state index in [9.17, 15) is 18.7 Å². The molecule has 3 rings (SSSR count). The van der Waals surface area contributed by atoms with Crippen LogP contribution in [0, 0.1) is 11.6 Å². The van der Waals surface area contributed by atoms with E-state index in [2.05, 4.69) is 4.90 Å². The van der Waals surface area contributed by atoms with E-state index in [-0.39, 0.29) is 5.92 Å². The maximum atomic E-state index is 13.3. The standard InChI is InChI=1S/C17H17F2NO3/c18-14-2-1-12(7-15(14)19)11-3-5-20(6-4-11)9-13-8-16(21)17(22)10-23-13/h1-2,7-8,10-11,22H,3-6,9H2. The molecule has 0 saturated carbocycles. The number of halogens is 2. The van der Waals surface area contributed by atoms with Crippen LogP contribution in [0.3, 0.4) is 0 Å². The van der Waals surface area contributed by atoms with E-state index >= 15 is 0 Å². The van der Waals surface area contributed by atoms with Crippen LogP contribution in [0.25, 0.3) is 0 Å². The number of benzene rings is 1. The van der Waals surface area contributed by atoms with Crippen LogP contribution in [-0.2, 0) is 6.54 Å². The van der Waals surface area contributed by atoms with Crippen LogP contribution in [0.5, 0.6) is 5.75 Å². The summed E-state index contributed by atoms with van der Waals surface area (Å²) in [5, 5.41) is 9.18. The van der Waals surface area contributed by atoms with Gasteiger partial charge in [0, 0.05) is 6.07 Å². The SMILES string of the molecule is O=c1cc(CN2CCC(c3ccc(F)c(F)c3)CC2)occ1O. The largest absolute Gasteiger partial charge is 0.502 e. The minimum Gasteiger partial charge on any atom is -0.502 e. The van der Waals surface area contributed by atoms with E-state index < -0.39 is 22.8 Å². The lowest BCUT2D eigenvalue weighted by molar-refractivity contribution is 0.188. The van der Waals surface area contributed by atoms with Crippen molar-refractivity contribution in [3.8, 4) is 5.75 Å². The summed E-state index contributed by atoms with van der Waals surface area (Å²) >= 11 is 0. The molecule has 1 aliphatic rings. The molecule has 6 heteroatoms.